The SMILES string of the molecule is Cn1ccc(N2CC(COCc3ccccc3)C(C)(C)C2=O)n1. The standard InChI is InChI=1S/C18H23N3O2/c1-18(2)15(13-23-12-14-7-5-4-6-8-14)11-21(17(18)22)16-9-10-20(3)19-16/h4-10,15H,11-13H2,1-3H3. The van der Waals surface area contributed by atoms with Gasteiger partial charge in [0.1, 0.15) is 0 Å². The molecule has 1 fully saturated rings. The molecule has 5 heteroatoms. The molecule has 0 bridgehead atoms. The number of aryl methyl sites for hydroxylation is 1. The monoisotopic (exact) mass is 313 g/mol. The lowest BCUT2D eigenvalue weighted by Crippen LogP contribution is -2.32. The van der Waals surface area contributed by atoms with Crippen LogP contribution in [0.3, 0.4) is 0 Å². The van der Waals surface area contributed by atoms with E-state index in [1.807, 2.05) is 63.5 Å². The fourth-order valence-corrected chi connectivity index (χ4v) is 2.95. The first kappa shape index (κ1) is 15.7. The van der Waals surface area contributed by atoms with E-state index in [2.05, 4.69) is 5.10 Å². The fourth-order valence-electron chi connectivity index (χ4n) is 2.95. The zero-order chi connectivity index (χ0) is 16.4. The first-order chi connectivity index (χ1) is 11.0. The molecule has 1 atom stereocenters. The molecule has 1 aliphatic rings. The predicted molar refractivity (Wildman–Crippen MR) is 88.9 cm³/mol. The Morgan fingerprint density at radius 1 is 1.26 bits per heavy atom. The van der Waals surface area contributed by atoms with Gasteiger partial charge in [0.05, 0.1) is 18.6 Å². The zero-order valence-electron chi connectivity index (χ0n) is 13.9. The number of hydrogen-bond acceptors (Lipinski definition) is 3. The van der Waals surface area contributed by atoms with Gasteiger partial charge >= 0.3 is 0 Å². The number of amides is 1. The topological polar surface area (TPSA) is 47.4 Å². The second-order valence-corrected chi connectivity index (χ2v) is 6.68. The molecule has 0 radical (unpaired) electrons. The number of aromatic nitrogens is 2. The number of hydrogen-bond donors (Lipinski definition) is 0. The van der Waals surface area contributed by atoms with E-state index in [9.17, 15) is 4.79 Å². The number of rotatable bonds is 5. The number of ether oxygens (including phenoxy) is 1. The average molecular weight is 313 g/mol. The minimum atomic E-state index is -0.436. The molecule has 1 unspecified atom stereocenters. The summed E-state index contributed by atoms with van der Waals surface area (Å²) in [5, 5.41) is 4.35. The van der Waals surface area contributed by atoms with Crippen molar-refractivity contribution in [3.8, 4) is 0 Å². The highest BCUT2D eigenvalue weighted by Gasteiger charge is 2.48. The average Bonchev–Trinajstić information content (AvgIpc) is 3.05. The summed E-state index contributed by atoms with van der Waals surface area (Å²) < 4.78 is 7.59. The van der Waals surface area contributed by atoms with Gasteiger partial charge in [0.25, 0.3) is 0 Å². The molecule has 2 aromatic rings. The van der Waals surface area contributed by atoms with Crippen LogP contribution in [0.5, 0.6) is 0 Å². The number of anilines is 1. The van der Waals surface area contributed by atoms with E-state index in [-0.39, 0.29) is 11.8 Å². The van der Waals surface area contributed by atoms with Gasteiger partial charge in [-0.25, -0.2) is 0 Å². The molecule has 23 heavy (non-hydrogen) atoms. The lowest BCUT2D eigenvalue weighted by molar-refractivity contribution is -0.126. The summed E-state index contributed by atoms with van der Waals surface area (Å²) in [6.07, 6.45) is 1.86. The van der Waals surface area contributed by atoms with E-state index in [1.54, 1.807) is 9.58 Å². The Labute approximate surface area is 136 Å². The number of benzene rings is 1. The zero-order valence-corrected chi connectivity index (χ0v) is 13.9. The van der Waals surface area contributed by atoms with Crippen molar-refractivity contribution in [2.24, 2.45) is 18.4 Å². The molecule has 0 N–H and O–H groups in total. The number of nitrogens with zero attached hydrogens (tertiary/aromatic N) is 3. The van der Waals surface area contributed by atoms with Gasteiger partial charge in [0.15, 0.2) is 5.82 Å². The normalized spacial score (nSPS) is 20.2. The van der Waals surface area contributed by atoms with Crippen LogP contribution in [-0.2, 0) is 23.2 Å². The Balaban J connectivity index is 1.64. The highest BCUT2D eigenvalue weighted by molar-refractivity contribution is 5.99. The van der Waals surface area contributed by atoms with E-state index in [0.29, 0.717) is 19.8 Å². The van der Waals surface area contributed by atoms with Gasteiger partial charge in [-0.3, -0.25) is 14.4 Å². The molecule has 1 amide bonds. The highest BCUT2D eigenvalue weighted by atomic mass is 16.5. The van der Waals surface area contributed by atoms with Crippen LogP contribution in [0, 0.1) is 11.3 Å². The molecule has 122 valence electrons. The lowest BCUT2D eigenvalue weighted by Gasteiger charge is -2.23. The molecule has 3 rings (SSSR count). The summed E-state index contributed by atoms with van der Waals surface area (Å²) in [7, 11) is 1.86. The van der Waals surface area contributed by atoms with Gasteiger partial charge < -0.3 is 4.74 Å². The Bertz CT molecular complexity index is 679. The molecule has 2 heterocycles. The van der Waals surface area contributed by atoms with Crippen molar-refractivity contribution in [2.75, 3.05) is 18.1 Å². The van der Waals surface area contributed by atoms with Crippen LogP contribution in [0.1, 0.15) is 19.4 Å². The fraction of sp³-hybridized carbons (Fsp3) is 0.444. The molecule has 0 aliphatic carbocycles. The molecular weight excluding hydrogens is 290 g/mol. The van der Waals surface area contributed by atoms with E-state index in [4.69, 9.17) is 4.74 Å². The first-order valence-electron chi connectivity index (χ1n) is 7.92. The van der Waals surface area contributed by atoms with Gasteiger partial charge in [-0.05, 0) is 5.56 Å². The van der Waals surface area contributed by atoms with Crippen LogP contribution in [0.4, 0.5) is 5.82 Å². The van der Waals surface area contributed by atoms with Crippen LogP contribution in [-0.4, -0.2) is 28.8 Å². The van der Waals surface area contributed by atoms with E-state index in [1.165, 1.54) is 0 Å². The van der Waals surface area contributed by atoms with Gasteiger partial charge in [0, 0.05) is 31.8 Å². The maximum atomic E-state index is 12.7. The minimum Gasteiger partial charge on any atom is -0.376 e. The first-order valence-corrected chi connectivity index (χ1v) is 7.92. The molecule has 1 aliphatic heterocycles. The van der Waals surface area contributed by atoms with Gasteiger partial charge in [-0.15, -0.1) is 0 Å². The lowest BCUT2D eigenvalue weighted by atomic mass is 9.82. The number of carbonyl (C=O) groups excluding carboxylic acids is 1. The second kappa shape index (κ2) is 6.16. The maximum Gasteiger partial charge on any atom is 0.234 e. The predicted octanol–water partition coefficient (Wildman–Crippen LogP) is 2.63. The molecular formula is C18H23N3O2. The molecule has 1 aromatic carbocycles. The third-order valence-corrected chi connectivity index (χ3v) is 4.63. The highest BCUT2D eigenvalue weighted by Crippen LogP contribution is 2.38. The molecule has 1 aromatic heterocycles. The van der Waals surface area contributed by atoms with Crippen molar-refractivity contribution in [3.05, 3.63) is 48.2 Å². The third kappa shape index (κ3) is 3.15. The van der Waals surface area contributed by atoms with Crippen LogP contribution in [0.15, 0.2) is 42.6 Å². The van der Waals surface area contributed by atoms with E-state index in [0.717, 1.165) is 11.4 Å². The Kier molecular flexibility index (Phi) is 4.22. The minimum absolute atomic E-state index is 0.115. The smallest absolute Gasteiger partial charge is 0.234 e. The van der Waals surface area contributed by atoms with Crippen molar-refractivity contribution in [1.82, 2.24) is 9.78 Å². The van der Waals surface area contributed by atoms with Gasteiger partial charge in [0.2, 0.25) is 5.91 Å². The summed E-state index contributed by atoms with van der Waals surface area (Å²) in [6, 6.07) is 12.0. The van der Waals surface area contributed by atoms with Crippen LogP contribution < -0.4 is 4.90 Å². The maximum absolute atomic E-state index is 12.7. The molecule has 1 saturated heterocycles. The summed E-state index contributed by atoms with van der Waals surface area (Å²) in [6.45, 7) is 5.78. The van der Waals surface area contributed by atoms with E-state index < -0.39 is 5.41 Å². The Morgan fingerprint density at radius 3 is 2.65 bits per heavy atom. The van der Waals surface area contributed by atoms with Gasteiger partial charge in [-0.2, -0.15) is 5.10 Å². The largest absolute Gasteiger partial charge is 0.376 e. The molecule has 0 spiro atoms. The van der Waals surface area contributed by atoms with Gasteiger partial charge in [-0.1, -0.05) is 44.2 Å². The summed E-state index contributed by atoms with van der Waals surface area (Å²) in [4.78, 5) is 14.5. The van der Waals surface area contributed by atoms with Crippen molar-refractivity contribution in [3.63, 3.8) is 0 Å². The van der Waals surface area contributed by atoms with Crippen molar-refractivity contribution in [2.45, 2.75) is 20.5 Å². The molecule has 5 nitrogen and oxygen atoms in total. The van der Waals surface area contributed by atoms with Crippen LogP contribution >= 0.6 is 0 Å². The van der Waals surface area contributed by atoms with Crippen LogP contribution in [0.2, 0.25) is 0 Å². The van der Waals surface area contributed by atoms with Crippen molar-refractivity contribution < 1.29 is 9.53 Å². The van der Waals surface area contributed by atoms with Crippen molar-refractivity contribution in [1.29, 1.82) is 0 Å². The Morgan fingerprint density at radius 2 is 2.00 bits per heavy atom. The summed E-state index contributed by atoms with van der Waals surface area (Å²) in [5.74, 6) is 0.987. The molecule has 0 saturated carbocycles. The summed E-state index contributed by atoms with van der Waals surface area (Å²) in [5.41, 5.74) is 0.713. The van der Waals surface area contributed by atoms with E-state index >= 15 is 0 Å². The van der Waals surface area contributed by atoms with Crippen LogP contribution in [0.25, 0.3) is 0 Å². The third-order valence-electron chi connectivity index (χ3n) is 4.63. The summed E-state index contributed by atoms with van der Waals surface area (Å²) >= 11 is 0. The number of carbonyl (C=O) groups is 1. The second-order valence-electron chi connectivity index (χ2n) is 6.68. The van der Waals surface area contributed by atoms with Crippen molar-refractivity contribution >= 4 is 11.7 Å². The quantitative estimate of drug-likeness (QED) is 0.852. The Hall–Kier alpha value is -2.14.